The molecule has 132 valence electrons. The lowest BCUT2D eigenvalue weighted by molar-refractivity contribution is 0.0917. The molecule has 0 aliphatic heterocycles. The molecule has 0 radical (unpaired) electrons. The van der Waals surface area contributed by atoms with Gasteiger partial charge in [0.1, 0.15) is 5.75 Å². The summed E-state index contributed by atoms with van der Waals surface area (Å²) in [7, 11) is 1.65. The largest absolute Gasteiger partial charge is 0.497 e. The Morgan fingerprint density at radius 3 is 2.00 bits per heavy atom. The van der Waals surface area contributed by atoms with Gasteiger partial charge in [0.2, 0.25) is 0 Å². The van der Waals surface area contributed by atoms with E-state index in [1.165, 1.54) is 0 Å². The fourth-order valence-corrected chi connectivity index (χ4v) is 3.04. The highest BCUT2D eigenvalue weighted by Crippen LogP contribution is 2.30. The number of hydrogen-bond acceptors (Lipinski definition) is 3. The normalized spacial score (nSPS) is 12.8. The molecule has 1 N–H and O–H groups in total. The number of nitrogens with one attached hydrogen (secondary N) is 1. The van der Waals surface area contributed by atoms with Crippen LogP contribution in [0.1, 0.15) is 28.9 Å². The zero-order chi connectivity index (χ0) is 18.4. The first-order valence-electron chi connectivity index (χ1n) is 8.74. The van der Waals surface area contributed by atoms with Crippen LogP contribution >= 0.6 is 0 Å². The Labute approximate surface area is 154 Å². The summed E-state index contributed by atoms with van der Waals surface area (Å²) in [5, 5.41) is 3.52. The summed E-state index contributed by atoms with van der Waals surface area (Å²) >= 11 is 0. The van der Waals surface area contributed by atoms with E-state index in [4.69, 9.17) is 4.74 Å². The van der Waals surface area contributed by atoms with E-state index in [2.05, 4.69) is 17.4 Å². The monoisotopic (exact) mass is 345 g/mol. The Morgan fingerprint density at radius 1 is 0.846 bits per heavy atom. The smallest absolute Gasteiger partial charge is 0.168 e. The van der Waals surface area contributed by atoms with Crippen molar-refractivity contribution in [1.29, 1.82) is 0 Å². The Morgan fingerprint density at radius 2 is 1.42 bits per heavy atom. The lowest BCUT2D eigenvalue weighted by Gasteiger charge is -2.26. The summed E-state index contributed by atoms with van der Waals surface area (Å²) < 4.78 is 5.22. The summed E-state index contributed by atoms with van der Waals surface area (Å²) in [6, 6.07) is 27.2. The number of rotatable bonds is 7. The maximum absolute atomic E-state index is 13.0. The van der Waals surface area contributed by atoms with Gasteiger partial charge in [0, 0.05) is 17.2 Å². The number of carbonyl (C=O) groups excluding carboxylic acids is 1. The topological polar surface area (TPSA) is 38.3 Å². The lowest BCUT2D eigenvalue weighted by Crippen LogP contribution is -2.25. The van der Waals surface area contributed by atoms with Gasteiger partial charge < -0.3 is 10.1 Å². The Kier molecular flexibility index (Phi) is 5.69. The number of anilines is 1. The van der Waals surface area contributed by atoms with E-state index >= 15 is 0 Å². The van der Waals surface area contributed by atoms with Crippen molar-refractivity contribution >= 4 is 11.5 Å². The highest BCUT2D eigenvalue weighted by molar-refractivity contribution is 5.98. The molecule has 3 nitrogen and oxygen atoms in total. The number of ketones is 1. The SMILES string of the molecule is COc1ccc(N[C@H](c2ccccc2)[C@H](C)C(=O)c2ccccc2)cc1. The zero-order valence-electron chi connectivity index (χ0n) is 15.1. The number of ether oxygens (including phenoxy) is 1. The molecule has 0 aliphatic rings. The third kappa shape index (κ3) is 4.12. The molecule has 0 saturated heterocycles. The first kappa shape index (κ1) is 17.7. The highest BCUT2D eigenvalue weighted by Gasteiger charge is 2.26. The molecule has 3 aromatic carbocycles. The van der Waals surface area contributed by atoms with Crippen molar-refractivity contribution in [1.82, 2.24) is 0 Å². The fourth-order valence-electron chi connectivity index (χ4n) is 3.04. The van der Waals surface area contributed by atoms with E-state index < -0.39 is 0 Å². The molecule has 0 fully saturated rings. The van der Waals surface area contributed by atoms with E-state index in [0.717, 1.165) is 22.6 Å². The van der Waals surface area contributed by atoms with Crippen molar-refractivity contribution in [3.8, 4) is 5.75 Å². The maximum Gasteiger partial charge on any atom is 0.168 e. The quantitative estimate of drug-likeness (QED) is 0.585. The summed E-state index contributed by atoms with van der Waals surface area (Å²) in [6.07, 6.45) is 0. The number of hydrogen-bond donors (Lipinski definition) is 1. The summed E-state index contributed by atoms with van der Waals surface area (Å²) in [5.74, 6) is 0.711. The fraction of sp³-hybridized carbons (Fsp3) is 0.174. The van der Waals surface area contributed by atoms with Gasteiger partial charge in [-0.3, -0.25) is 4.79 Å². The Hall–Kier alpha value is -3.07. The first-order chi connectivity index (χ1) is 12.7. The predicted octanol–water partition coefficient (Wildman–Crippen LogP) is 5.37. The molecular weight excluding hydrogens is 322 g/mol. The van der Waals surface area contributed by atoms with Crippen LogP contribution < -0.4 is 10.1 Å². The average Bonchev–Trinajstić information content (AvgIpc) is 2.72. The molecule has 3 rings (SSSR count). The van der Waals surface area contributed by atoms with Crippen molar-refractivity contribution in [2.24, 2.45) is 5.92 Å². The molecule has 0 aliphatic carbocycles. The van der Waals surface area contributed by atoms with Gasteiger partial charge in [0.25, 0.3) is 0 Å². The van der Waals surface area contributed by atoms with Crippen molar-refractivity contribution in [2.75, 3.05) is 12.4 Å². The van der Waals surface area contributed by atoms with Crippen LogP contribution in [0, 0.1) is 5.92 Å². The number of carbonyl (C=O) groups is 1. The van der Waals surface area contributed by atoms with E-state index in [-0.39, 0.29) is 17.7 Å². The van der Waals surface area contributed by atoms with Crippen LogP contribution in [0.25, 0.3) is 0 Å². The number of methoxy groups -OCH3 is 1. The van der Waals surface area contributed by atoms with Gasteiger partial charge in [-0.2, -0.15) is 0 Å². The molecule has 0 aromatic heterocycles. The van der Waals surface area contributed by atoms with Gasteiger partial charge in [0.05, 0.1) is 13.2 Å². The molecule has 0 bridgehead atoms. The Balaban J connectivity index is 1.89. The second kappa shape index (κ2) is 8.34. The van der Waals surface area contributed by atoms with Gasteiger partial charge in [-0.25, -0.2) is 0 Å². The summed E-state index contributed by atoms with van der Waals surface area (Å²) in [6.45, 7) is 1.98. The first-order valence-corrected chi connectivity index (χ1v) is 8.74. The van der Waals surface area contributed by atoms with Gasteiger partial charge in [0.15, 0.2) is 5.78 Å². The predicted molar refractivity (Wildman–Crippen MR) is 106 cm³/mol. The van der Waals surface area contributed by atoms with Crippen LogP contribution in [-0.2, 0) is 0 Å². The molecule has 0 amide bonds. The van der Waals surface area contributed by atoms with Gasteiger partial charge in [-0.15, -0.1) is 0 Å². The van der Waals surface area contributed by atoms with Crippen molar-refractivity contribution in [3.05, 3.63) is 96.1 Å². The third-order valence-electron chi connectivity index (χ3n) is 4.54. The van der Waals surface area contributed by atoms with Gasteiger partial charge in [-0.1, -0.05) is 67.6 Å². The van der Waals surface area contributed by atoms with E-state index in [0.29, 0.717) is 0 Å². The second-order valence-electron chi connectivity index (χ2n) is 6.28. The van der Waals surface area contributed by atoms with Gasteiger partial charge in [-0.05, 0) is 29.8 Å². The highest BCUT2D eigenvalue weighted by atomic mass is 16.5. The molecule has 0 heterocycles. The van der Waals surface area contributed by atoms with Gasteiger partial charge >= 0.3 is 0 Å². The van der Waals surface area contributed by atoms with Crippen LogP contribution in [-0.4, -0.2) is 12.9 Å². The minimum absolute atomic E-state index is 0.125. The van der Waals surface area contributed by atoms with E-state index in [1.54, 1.807) is 7.11 Å². The van der Waals surface area contributed by atoms with E-state index in [9.17, 15) is 4.79 Å². The molecule has 3 aromatic rings. The van der Waals surface area contributed by atoms with Crippen LogP contribution in [0.2, 0.25) is 0 Å². The van der Waals surface area contributed by atoms with E-state index in [1.807, 2.05) is 79.7 Å². The number of benzene rings is 3. The molecule has 0 unspecified atom stereocenters. The average molecular weight is 345 g/mol. The molecule has 3 heteroatoms. The Bertz CT molecular complexity index is 829. The maximum atomic E-state index is 13.0. The minimum atomic E-state index is -0.220. The third-order valence-corrected chi connectivity index (χ3v) is 4.54. The summed E-state index contributed by atoms with van der Waals surface area (Å²) in [5.41, 5.74) is 2.77. The minimum Gasteiger partial charge on any atom is -0.497 e. The zero-order valence-corrected chi connectivity index (χ0v) is 15.1. The molecular formula is C23H23NO2. The van der Waals surface area contributed by atoms with Crippen LogP contribution in [0.15, 0.2) is 84.9 Å². The van der Waals surface area contributed by atoms with Crippen molar-refractivity contribution in [2.45, 2.75) is 13.0 Å². The lowest BCUT2D eigenvalue weighted by atomic mass is 9.88. The molecule has 0 spiro atoms. The van der Waals surface area contributed by atoms with Crippen molar-refractivity contribution < 1.29 is 9.53 Å². The standard InChI is InChI=1S/C23H23NO2/c1-17(23(25)19-11-7-4-8-12-19)22(18-9-5-3-6-10-18)24-20-13-15-21(26-2)16-14-20/h3-17,22,24H,1-2H3/t17-,22-/m0/s1. The van der Waals surface area contributed by atoms with Crippen LogP contribution in [0.4, 0.5) is 5.69 Å². The number of Topliss-reactive ketones (excluding diaryl/α,β-unsaturated/α-hetero) is 1. The van der Waals surface area contributed by atoms with Crippen LogP contribution in [0.5, 0.6) is 5.75 Å². The summed E-state index contributed by atoms with van der Waals surface area (Å²) in [4.78, 5) is 13.0. The molecule has 2 atom stereocenters. The second-order valence-corrected chi connectivity index (χ2v) is 6.28. The van der Waals surface area contributed by atoms with Crippen molar-refractivity contribution in [3.63, 3.8) is 0 Å². The molecule has 0 saturated carbocycles. The molecule has 26 heavy (non-hydrogen) atoms. The van der Waals surface area contributed by atoms with Crippen LogP contribution in [0.3, 0.4) is 0 Å².